The fraction of sp³-hybridized carbons (Fsp3) is 0.190. The lowest BCUT2D eigenvalue weighted by Crippen LogP contribution is -2.21. The number of hydrogen-bond acceptors (Lipinski definition) is 4. The van der Waals surface area contributed by atoms with Gasteiger partial charge in [0.05, 0.1) is 22.2 Å². The molecule has 1 amide bonds. The zero-order valence-electron chi connectivity index (χ0n) is 14.6. The Hall–Kier alpha value is -2.99. The van der Waals surface area contributed by atoms with E-state index in [1.807, 2.05) is 48.5 Å². The summed E-state index contributed by atoms with van der Waals surface area (Å²) >= 11 is 1.51. The molecule has 2 aromatic heterocycles. The van der Waals surface area contributed by atoms with E-state index in [1.165, 1.54) is 24.2 Å². The first-order chi connectivity index (χ1) is 13.3. The van der Waals surface area contributed by atoms with Crippen molar-refractivity contribution in [2.75, 3.05) is 0 Å². The number of amides is 1. The summed E-state index contributed by atoms with van der Waals surface area (Å²) in [6.07, 6.45) is 4.09. The van der Waals surface area contributed by atoms with Crippen LogP contribution in [0, 0.1) is 0 Å². The van der Waals surface area contributed by atoms with Crippen molar-refractivity contribution in [2.45, 2.75) is 25.3 Å². The van der Waals surface area contributed by atoms with Crippen LogP contribution in [0.3, 0.4) is 0 Å². The molecule has 134 valence electrons. The van der Waals surface area contributed by atoms with Crippen LogP contribution in [0.2, 0.25) is 0 Å². The molecule has 5 rings (SSSR count). The Morgan fingerprint density at radius 1 is 1.15 bits per heavy atom. The van der Waals surface area contributed by atoms with E-state index in [2.05, 4.69) is 20.3 Å². The number of nitrogens with zero attached hydrogens (tertiary/aromatic N) is 2. The monoisotopic (exact) mass is 374 g/mol. The van der Waals surface area contributed by atoms with Crippen molar-refractivity contribution in [2.24, 2.45) is 0 Å². The number of para-hydroxylation sites is 2. The quantitative estimate of drug-likeness (QED) is 0.540. The van der Waals surface area contributed by atoms with Crippen LogP contribution >= 0.6 is 11.3 Å². The van der Waals surface area contributed by atoms with Gasteiger partial charge >= 0.3 is 0 Å². The molecule has 0 radical (unpaired) electrons. The van der Waals surface area contributed by atoms with Crippen LogP contribution in [0.1, 0.15) is 39.0 Å². The molecule has 0 aliphatic heterocycles. The number of aromatic amines is 1. The van der Waals surface area contributed by atoms with Crippen molar-refractivity contribution >= 4 is 28.3 Å². The number of hydrogen-bond donors (Lipinski definition) is 2. The second-order valence-electron chi connectivity index (χ2n) is 6.82. The van der Waals surface area contributed by atoms with E-state index in [1.54, 1.807) is 6.20 Å². The molecule has 4 aromatic rings. The van der Waals surface area contributed by atoms with Gasteiger partial charge in [0, 0.05) is 18.0 Å². The van der Waals surface area contributed by atoms with Gasteiger partial charge in [-0.1, -0.05) is 36.4 Å². The van der Waals surface area contributed by atoms with E-state index >= 15 is 0 Å². The van der Waals surface area contributed by atoms with Crippen LogP contribution in [-0.2, 0) is 6.54 Å². The second-order valence-corrected chi connectivity index (χ2v) is 7.88. The number of imidazole rings is 1. The molecule has 27 heavy (non-hydrogen) atoms. The van der Waals surface area contributed by atoms with Crippen molar-refractivity contribution in [1.82, 2.24) is 20.3 Å². The smallest absolute Gasteiger partial charge is 0.263 e. The lowest BCUT2D eigenvalue weighted by molar-refractivity contribution is 0.0955. The largest absolute Gasteiger partial charge is 0.347 e. The number of aromatic nitrogens is 3. The topological polar surface area (TPSA) is 70.7 Å². The van der Waals surface area contributed by atoms with E-state index in [-0.39, 0.29) is 5.91 Å². The number of carbonyl (C=O) groups excluding carboxylic acids is 1. The maximum Gasteiger partial charge on any atom is 0.263 e. The van der Waals surface area contributed by atoms with Crippen molar-refractivity contribution in [3.8, 4) is 11.4 Å². The van der Waals surface area contributed by atoms with Crippen LogP contribution in [-0.4, -0.2) is 20.9 Å². The molecule has 2 aromatic carbocycles. The van der Waals surface area contributed by atoms with Crippen LogP contribution in [0.5, 0.6) is 0 Å². The molecule has 0 atom stereocenters. The van der Waals surface area contributed by atoms with Gasteiger partial charge in [0.1, 0.15) is 10.7 Å². The summed E-state index contributed by atoms with van der Waals surface area (Å²) in [5, 5.41) is 4.07. The van der Waals surface area contributed by atoms with Gasteiger partial charge < -0.3 is 10.3 Å². The summed E-state index contributed by atoms with van der Waals surface area (Å²) in [4.78, 5) is 25.3. The van der Waals surface area contributed by atoms with E-state index in [0.717, 1.165) is 33.0 Å². The van der Waals surface area contributed by atoms with E-state index in [4.69, 9.17) is 0 Å². The number of carbonyl (C=O) groups is 1. The minimum Gasteiger partial charge on any atom is -0.347 e. The van der Waals surface area contributed by atoms with Gasteiger partial charge in [-0.3, -0.25) is 4.79 Å². The van der Waals surface area contributed by atoms with Crippen LogP contribution in [0.15, 0.2) is 54.7 Å². The standard InChI is InChI=1S/C21H18N4OS/c26-20(18-12-23-21(27-18)15-9-10-15)22-11-13-5-7-14(8-6-13)19-24-16-3-1-2-4-17(16)25-19/h1-8,12,15H,9-11H2,(H,22,26)(H,24,25). The zero-order valence-corrected chi connectivity index (χ0v) is 15.4. The Morgan fingerprint density at radius 2 is 1.96 bits per heavy atom. The van der Waals surface area contributed by atoms with Crippen LogP contribution < -0.4 is 5.32 Å². The van der Waals surface area contributed by atoms with Crippen molar-refractivity contribution < 1.29 is 4.79 Å². The van der Waals surface area contributed by atoms with Crippen molar-refractivity contribution in [3.05, 3.63) is 70.2 Å². The summed E-state index contributed by atoms with van der Waals surface area (Å²) in [6, 6.07) is 16.1. The van der Waals surface area contributed by atoms with E-state index in [0.29, 0.717) is 17.3 Å². The lowest BCUT2D eigenvalue weighted by atomic mass is 10.1. The normalized spacial score (nSPS) is 13.8. The molecular weight excluding hydrogens is 356 g/mol. The summed E-state index contributed by atoms with van der Waals surface area (Å²) < 4.78 is 0. The average molecular weight is 374 g/mol. The molecule has 0 spiro atoms. The van der Waals surface area contributed by atoms with Gasteiger partial charge in [-0.15, -0.1) is 11.3 Å². The molecule has 1 saturated carbocycles. The highest BCUT2D eigenvalue weighted by Gasteiger charge is 2.27. The summed E-state index contributed by atoms with van der Waals surface area (Å²) in [6.45, 7) is 0.496. The molecule has 6 heteroatoms. The zero-order chi connectivity index (χ0) is 18.2. The fourth-order valence-corrected chi connectivity index (χ4v) is 4.05. The van der Waals surface area contributed by atoms with Crippen molar-refractivity contribution in [1.29, 1.82) is 0 Å². The number of thiazole rings is 1. The first-order valence-corrected chi connectivity index (χ1v) is 9.86. The third-order valence-electron chi connectivity index (χ3n) is 4.74. The third kappa shape index (κ3) is 3.36. The highest BCUT2D eigenvalue weighted by Crippen LogP contribution is 2.41. The van der Waals surface area contributed by atoms with E-state index in [9.17, 15) is 4.79 Å². The number of rotatable bonds is 5. The minimum absolute atomic E-state index is 0.0549. The predicted molar refractivity (Wildman–Crippen MR) is 107 cm³/mol. The molecule has 1 aliphatic carbocycles. The van der Waals surface area contributed by atoms with Gasteiger partial charge in [0.25, 0.3) is 5.91 Å². The third-order valence-corrected chi connectivity index (χ3v) is 5.90. The highest BCUT2D eigenvalue weighted by molar-refractivity contribution is 7.13. The Bertz CT molecular complexity index is 1080. The number of benzene rings is 2. The SMILES string of the molecule is O=C(NCc1ccc(-c2nc3ccccc3[nH]2)cc1)c1cnc(C2CC2)s1. The Labute approximate surface area is 160 Å². The van der Waals surface area contributed by atoms with Gasteiger partial charge in [-0.25, -0.2) is 9.97 Å². The van der Waals surface area contributed by atoms with Gasteiger partial charge in [0.15, 0.2) is 0 Å². The van der Waals surface area contributed by atoms with E-state index < -0.39 is 0 Å². The summed E-state index contributed by atoms with van der Waals surface area (Å²) in [7, 11) is 0. The molecule has 0 bridgehead atoms. The molecule has 5 nitrogen and oxygen atoms in total. The maximum atomic E-state index is 12.3. The molecule has 2 N–H and O–H groups in total. The first kappa shape index (κ1) is 16.2. The predicted octanol–water partition coefficient (Wildman–Crippen LogP) is 4.49. The summed E-state index contributed by atoms with van der Waals surface area (Å²) in [5.41, 5.74) is 4.06. The number of nitrogens with one attached hydrogen (secondary N) is 2. The average Bonchev–Trinajstić information content (AvgIpc) is 3.27. The van der Waals surface area contributed by atoms with Crippen LogP contribution in [0.25, 0.3) is 22.4 Å². The highest BCUT2D eigenvalue weighted by atomic mass is 32.1. The van der Waals surface area contributed by atoms with Crippen LogP contribution in [0.4, 0.5) is 0 Å². The Morgan fingerprint density at radius 3 is 2.74 bits per heavy atom. The number of H-pyrrole nitrogens is 1. The number of fused-ring (bicyclic) bond motifs is 1. The minimum atomic E-state index is -0.0549. The molecule has 2 heterocycles. The Kier molecular flexibility index (Phi) is 3.98. The second kappa shape index (κ2) is 6.63. The molecule has 1 fully saturated rings. The summed E-state index contributed by atoms with van der Waals surface area (Å²) in [5.74, 6) is 1.38. The van der Waals surface area contributed by atoms with Gasteiger partial charge in [0.2, 0.25) is 0 Å². The van der Waals surface area contributed by atoms with Gasteiger partial charge in [-0.2, -0.15) is 0 Å². The maximum absolute atomic E-state index is 12.3. The Balaban J connectivity index is 1.25. The fourth-order valence-electron chi connectivity index (χ4n) is 3.05. The lowest BCUT2D eigenvalue weighted by Gasteiger charge is -2.04. The van der Waals surface area contributed by atoms with Crippen molar-refractivity contribution in [3.63, 3.8) is 0 Å². The molecular formula is C21H18N4OS. The first-order valence-electron chi connectivity index (χ1n) is 9.04. The van der Waals surface area contributed by atoms with Gasteiger partial charge in [-0.05, 0) is 30.5 Å². The molecule has 0 unspecified atom stereocenters. The molecule has 0 saturated heterocycles. The molecule has 1 aliphatic rings.